The normalized spacial score (nSPS) is 12.3. The van der Waals surface area contributed by atoms with E-state index in [2.05, 4.69) is 4.74 Å². The molecule has 1 aromatic rings. The van der Waals surface area contributed by atoms with Crippen LogP contribution in [0.3, 0.4) is 0 Å². The van der Waals surface area contributed by atoms with E-state index in [-0.39, 0.29) is 11.5 Å². The van der Waals surface area contributed by atoms with Crippen molar-refractivity contribution in [3.63, 3.8) is 0 Å². The van der Waals surface area contributed by atoms with E-state index in [9.17, 15) is 9.59 Å². The predicted molar refractivity (Wildman–Crippen MR) is 58.5 cm³/mol. The summed E-state index contributed by atoms with van der Waals surface area (Å²) in [7, 11) is 0. The minimum absolute atomic E-state index is 0.309. The SMILES string of the molecule is O=C(/C=C/c1ccc(O)c(O)c1)O[C@@H](O)C(=O)O. The maximum Gasteiger partial charge on any atom is 0.373 e. The number of ether oxygens (including phenoxy) is 1. The van der Waals surface area contributed by atoms with E-state index in [4.69, 9.17) is 20.4 Å². The zero-order chi connectivity index (χ0) is 13.7. The molecule has 0 saturated carbocycles. The number of benzene rings is 1. The highest BCUT2D eigenvalue weighted by atomic mass is 16.7. The van der Waals surface area contributed by atoms with Crippen molar-refractivity contribution in [3.05, 3.63) is 29.8 Å². The first-order valence-corrected chi connectivity index (χ1v) is 4.71. The smallest absolute Gasteiger partial charge is 0.373 e. The summed E-state index contributed by atoms with van der Waals surface area (Å²) in [4.78, 5) is 21.2. The van der Waals surface area contributed by atoms with Gasteiger partial charge in [0.05, 0.1) is 0 Å². The zero-order valence-electron chi connectivity index (χ0n) is 8.98. The number of rotatable bonds is 4. The molecule has 7 nitrogen and oxygen atoms in total. The fourth-order valence-electron chi connectivity index (χ4n) is 1.01. The number of aromatic hydroxyl groups is 2. The average molecular weight is 254 g/mol. The topological polar surface area (TPSA) is 124 Å². The van der Waals surface area contributed by atoms with Crippen LogP contribution < -0.4 is 0 Å². The first-order chi connectivity index (χ1) is 8.40. The van der Waals surface area contributed by atoms with Crippen LogP contribution in [0.15, 0.2) is 24.3 Å². The summed E-state index contributed by atoms with van der Waals surface area (Å²) >= 11 is 0. The first kappa shape index (κ1) is 13.5. The molecule has 1 aromatic carbocycles. The summed E-state index contributed by atoms with van der Waals surface area (Å²) in [5, 5.41) is 35.2. The number of hydrogen-bond donors (Lipinski definition) is 4. The van der Waals surface area contributed by atoms with Crippen LogP contribution in [0.4, 0.5) is 0 Å². The molecule has 0 spiro atoms. The third kappa shape index (κ3) is 3.80. The molecule has 0 fully saturated rings. The monoisotopic (exact) mass is 254 g/mol. The molecule has 0 bridgehead atoms. The number of esters is 1. The Morgan fingerprint density at radius 2 is 1.89 bits per heavy atom. The molecule has 1 rings (SSSR count). The van der Waals surface area contributed by atoms with Gasteiger partial charge in [0.15, 0.2) is 11.5 Å². The van der Waals surface area contributed by atoms with E-state index in [0.29, 0.717) is 5.56 Å². The molecule has 7 heteroatoms. The van der Waals surface area contributed by atoms with Crippen molar-refractivity contribution in [1.82, 2.24) is 0 Å². The van der Waals surface area contributed by atoms with Gasteiger partial charge in [-0.2, -0.15) is 0 Å². The van der Waals surface area contributed by atoms with Gasteiger partial charge in [0.2, 0.25) is 0 Å². The molecule has 0 aliphatic rings. The molecular formula is C11H10O7. The molecule has 0 amide bonds. The van der Waals surface area contributed by atoms with Gasteiger partial charge in [-0.3, -0.25) is 0 Å². The molecule has 0 heterocycles. The molecule has 96 valence electrons. The second-order valence-electron chi connectivity index (χ2n) is 3.21. The first-order valence-electron chi connectivity index (χ1n) is 4.71. The lowest BCUT2D eigenvalue weighted by molar-refractivity contribution is -0.183. The molecule has 18 heavy (non-hydrogen) atoms. The van der Waals surface area contributed by atoms with Crippen LogP contribution in [0.2, 0.25) is 0 Å². The lowest BCUT2D eigenvalue weighted by Crippen LogP contribution is -2.25. The number of phenolic OH excluding ortho intramolecular Hbond substituents is 2. The molecule has 0 unspecified atom stereocenters. The summed E-state index contributed by atoms with van der Waals surface area (Å²) in [6, 6.07) is 3.81. The van der Waals surface area contributed by atoms with Crippen molar-refractivity contribution >= 4 is 18.0 Å². The third-order valence-corrected chi connectivity index (χ3v) is 1.85. The highest BCUT2D eigenvalue weighted by Crippen LogP contribution is 2.25. The van der Waals surface area contributed by atoms with Crippen LogP contribution in [0.1, 0.15) is 5.56 Å². The number of carbonyl (C=O) groups is 2. The number of hydrogen-bond acceptors (Lipinski definition) is 6. The number of aliphatic hydroxyl groups is 1. The fourth-order valence-corrected chi connectivity index (χ4v) is 1.01. The van der Waals surface area contributed by atoms with E-state index < -0.39 is 18.2 Å². The molecule has 0 aliphatic heterocycles. The van der Waals surface area contributed by atoms with Crippen molar-refractivity contribution in [2.45, 2.75) is 6.29 Å². The van der Waals surface area contributed by atoms with Crippen LogP contribution in [0, 0.1) is 0 Å². The summed E-state index contributed by atoms with van der Waals surface area (Å²) < 4.78 is 4.11. The molecule has 0 aromatic heterocycles. The summed E-state index contributed by atoms with van der Waals surface area (Å²) in [6.07, 6.45) is -0.135. The third-order valence-electron chi connectivity index (χ3n) is 1.85. The van der Waals surface area contributed by atoms with Crippen LogP contribution in [-0.2, 0) is 14.3 Å². The van der Waals surface area contributed by atoms with Gasteiger partial charge in [-0.05, 0) is 23.8 Å². The van der Waals surface area contributed by atoms with Crippen LogP contribution in [-0.4, -0.2) is 38.7 Å². The quantitative estimate of drug-likeness (QED) is 0.259. The minimum atomic E-state index is -2.23. The maximum atomic E-state index is 11.0. The van der Waals surface area contributed by atoms with Crippen LogP contribution in [0.25, 0.3) is 6.08 Å². The van der Waals surface area contributed by atoms with Gasteiger partial charge in [0.1, 0.15) is 0 Å². The Balaban J connectivity index is 2.66. The Kier molecular flexibility index (Phi) is 4.27. The van der Waals surface area contributed by atoms with Gasteiger partial charge >= 0.3 is 11.9 Å². The second kappa shape index (κ2) is 5.69. The molecule has 0 radical (unpaired) electrons. The lowest BCUT2D eigenvalue weighted by Gasteiger charge is -2.04. The van der Waals surface area contributed by atoms with Gasteiger partial charge in [-0.1, -0.05) is 6.07 Å². The fraction of sp³-hybridized carbons (Fsp3) is 0.0909. The number of carboxylic acid groups (broad SMARTS) is 1. The Morgan fingerprint density at radius 3 is 2.44 bits per heavy atom. The van der Waals surface area contributed by atoms with E-state index in [1.165, 1.54) is 24.3 Å². The lowest BCUT2D eigenvalue weighted by atomic mass is 10.2. The highest BCUT2D eigenvalue weighted by Gasteiger charge is 2.16. The summed E-state index contributed by atoms with van der Waals surface area (Å²) in [6.45, 7) is 0. The zero-order valence-corrected chi connectivity index (χ0v) is 8.98. The van der Waals surface area contributed by atoms with E-state index in [1.807, 2.05) is 0 Å². The Labute approximate surface area is 101 Å². The van der Waals surface area contributed by atoms with Crippen LogP contribution >= 0.6 is 0 Å². The molecule has 4 N–H and O–H groups in total. The number of carboxylic acids is 1. The van der Waals surface area contributed by atoms with Crippen molar-refractivity contribution in [3.8, 4) is 11.5 Å². The molecule has 0 aliphatic carbocycles. The minimum Gasteiger partial charge on any atom is -0.504 e. The number of carbonyl (C=O) groups excluding carboxylic acids is 1. The standard InChI is InChI=1S/C11H10O7/c12-7-3-1-6(5-8(7)13)2-4-9(14)18-11(17)10(15)16/h1-5,11-13,17H,(H,15,16)/b4-2+/t11-/m1/s1. The Morgan fingerprint density at radius 1 is 1.22 bits per heavy atom. The van der Waals surface area contributed by atoms with E-state index >= 15 is 0 Å². The molecular weight excluding hydrogens is 244 g/mol. The van der Waals surface area contributed by atoms with Gasteiger partial charge in [-0.15, -0.1) is 0 Å². The van der Waals surface area contributed by atoms with Crippen molar-refractivity contribution in [2.24, 2.45) is 0 Å². The molecule has 1 atom stereocenters. The predicted octanol–water partition coefficient (Wildman–Crippen LogP) is 0.0572. The van der Waals surface area contributed by atoms with Gasteiger partial charge in [0, 0.05) is 6.08 Å². The number of aliphatic hydroxyl groups excluding tert-OH is 1. The van der Waals surface area contributed by atoms with Crippen LogP contribution in [0.5, 0.6) is 11.5 Å². The van der Waals surface area contributed by atoms with Crippen molar-refractivity contribution in [1.29, 1.82) is 0 Å². The highest BCUT2D eigenvalue weighted by molar-refractivity contribution is 5.88. The Hall–Kier alpha value is -2.54. The van der Waals surface area contributed by atoms with Crippen molar-refractivity contribution < 1.29 is 34.8 Å². The number of phenols is 2. The average Bonchev–Trinajstić information content (AvgIpc) is 2.30. The van der Waals surface area contributed by atoms with Gasteiger partial charge < -0.3 is 25.2 Å². The van der Waals surface area contributed by atoms with E-state index in [0.717, 1.165) is 6.08 Å². The number of aliphatic carboxylic acids is 1. The van der Waals surface area contributed by atoms with Gasteiger partial charge in [-0.25, -0.2) is 9.59 Å². The van der Waals surface area contributed by atoms with Gasteiger partial charge in [0.25, 0.3) is 6.29 Å². The largest absolute Gasteiger partial charge is 0.504 e. The maximum absolute atomic E-state index is 11.0. The Bertz CT molecular complexity index is 492. The van der Waals surface area contributed by atoms with E-state index in [1.54, 1.807) is 0 Å². The molecule has 0 saturated heterocycles. The summed E-state index contributed by atoms with van der Waals surface area (Å²) in [5.41, 5.74) is 0.382. The summed E-state index contributed by atoms with van der Waals surface area (Å²) in [5.74, 6) is -3.41. The van der Waals surface area contributed by atoms with Crippen molar-refractivity contribution in [2.75, 3.05) is 0 Å². The second-order valence-corrected chi connectivity index (χ2v) is 3.21.